The molecule has 1 aliphatic rings. The molecule has 0 bridgehead atoms. The lowest BCUT2D eigenvalue weighted by Gasteiger charge is -2.46. The quantitative estimate of drug-likeness (QED) is 0.767. The van der Waals surface area contributed by atoms with Crippen molar-refractivity contribution >= 4 is 0 Å². The molecule has 0 aliphatic heterocycles. The highest BCUT2D eigenvalue weighted by molar-refractivity contribution is 5.30. The van der Waals surface area contributed by atoms with Crippen molar-refractivity contribution in [1.82, 2.24) is 0 Å². The number of benzene rings is 1. The third-order valence-corrected chi connectivity index (χ3v) is 3.31. The fourth-order valence-corrected chi connectivity index (χ4v) is 2.66. The van der Waals surface area contributed by atoms with E-state index in [-0.39, 0.29) is 11.2 Å². The molecule has 1 saturated carbocycles. The van der Waals surface area contributed by atoms with Gasteiger partial charge in [-0.2, -0.15) is 0 Å². The molecule has 0 amide bonds. The van der Waals surface area contributed by atoms with Gasteiger partial charge in [-0.3, -0.25) is 0 Å². The number of rotatable bonds is 2. The van der Waals surface area contributed by atoms with Crippen LogP contribution in [-0.4, -0.2) is 6.54 Å². The summed E-state index contributed by atoms with van der Waals surface area (Å²) in [7, 11) is 0. The molecule has 0 aromatic heterocycles. The van der Waals surface area contributed by atoms with E-state index in [2.05, 4.69) is 6.92 Å². The van der Waals surface area contributed by atoms with Gasteiger partial charge in [-0.15, -0.1) is 0 Å². The van der Waals surface area contributed by atoms with Gasteiger partial charge in [-0.1, -0.05) is 25.1 Å². The van der Waals surface area contributed by atoms with E-state index >= 15 is 0 Å². The Kier molecular flexibility index (Phi) is 2.31. The van der Waals surface area contributed by atoms with Gasteiger partial charge in [0.2, 0.25) is 0 Å². The summed E-state index contributed by atoms with van der Waals surface area (Å²) in [6.45, 7) is 2.74. The van der Waals surface area contributed by atoms with E-state index in [1.54, 1.807) is 6.07 Å². The summed E-state index contributed by atoms with van der Waals surface area (Å²) in [4.78, 5) is 0. The third kappa shape index (κ3) is 1.34. The highest BCUT2D eigenvalue weighted by Gasteiger charge is 2.43. The van der Waals surface area contributed by atoms with E-state index in [1.807, 2.05) is 12.1 Å². The Bertz CT molecular complexity index is 329. The SMILES string of the molecule is CC1CC(CN)(c2ccccc2F)C1. The van der Waals surface area contributed by atoms with Gasteiger partial charge >= 0.3 is 0 Å². The first kappa shape index (κ1) is 9.66. The molecule has 1 aliphatic carbocycles. The Morgan fingerprint density at radius 1 is 1.43 bits per heavy atom. The van der Waals surface area contributed by atoms with Crippen LogP contribution >= 0.6 is 0 Å². The fraction of sp³-hybridized carbons (Fsp3) is 0.500. The first-order valence-electron chi connectivity index (χ1n) is 5.13. The second kappa shape index (κ2) is 3.35. The van der Waals surface area contributed by atoms with Gasteiger partial charge in [0, 0.05) is 12.0 Å². The minimum absolute atomic E-state index is 0.0786. The van der Waals surface area contributed by atoms with Crippen molar-refractivity contribution in [2.75, 3.05) is 6.54 Å². The van der Waals surface area contributed by atoms with Crippen LogP contribution in [-0.2, 0) is 5.41 Å². The Balaban J connectivity index is 2.34. The smallest absolute Gasteiger partial charge is 0.127 e. The number of nitrogens with two attached hydrogens (primary N) is 1. The number of hydrogen-bond acceptors (Lipinski definition) is 1. The molecule has 76 valence electrons. The van der Waals surface area contributed by atoms with E-state index < -0.39 is 0 Å². The number of halogens is 1. The molecule has 0 spiro atoms. The molecule has 0 atom stereocenters. The Morgan fingerprint density at radius 2 is 2.07 bits per heavy atom. The summed E-state index contributed by atoms with van der Waals surface area (Å²) in [6, 6.07) is 7.01. The minimum atomic E-state index is -0.107. The molecule has 1 aromatic rings. The molecule has 0 radical (unpaired) electrons. The molecule has 0 saturated heterocycles. The average Bonchev–Trinajstić information content (AvgIpc) is 2.14. The van der Waals surface area contributed by atoms with E-state index in [0.29, 0.717) is 12.5 Å². The summed E-state index contributed by atoms with van der Waals surface area (Å²) in [5.74, 6) is 0.572. The van der Waals surface area contributed by atoms with Gasteiger partial charge in [0.1, 0.15) is 5.82 Å². The van der Waals surface area contributed by atoms with E-state index in [0.717, 1.165) is 18.4 Å². The Hall–Kier alpha value is -0.890. The topological polar surface area (TPSA) is 26.0 Å². The fourth-order valence-electron chi connectivity index (χ4n) is 2.66. The molecule has 1 fully saturated rings. The lowest BCUT2D eigenvalue weighted by molar-refractivity contribution is 0.160. The van der Waals surface area contributed by atoms with Crippen LogP contribution in [0.4, 0.5) is 4.39 Å². The maximum Gasteiger partial charge on any atom is 0.127 e. The van der Waals surface area contributed by atoms with E-state index in [1.165, 1.54) is 6.07 Å². The second-order valence-electron chi connectivity index (χ2n) is 4.48. The van der Waals surface area contributed by atoms with Gasteiger partial charge in [-0.25, -0.2) is 4.39 Å². The van der Waals surface area contributed by atoms with E-state index in [9.17, 15) is 4.39 Å². The van der Waals surface area contributed by atoms with Crippen LogP contribution in [0.3, 0.4) is 0 Å². The lowest BCUT2D eigenvalue weighted by atomic mass is 9.59. The summed E-state index contributed by atoms with van der Waals surface area (Å²) in [5.41, 5.74) is 6.49. The zero-order chi connectivity index (χ0) is 10.2. The predicted molar refractivity (Wildman–Crippen MR) is 55.5 cm³/mol. The monoisotopic (exact) mass is 193 g/mol. The van der Waals surface area contributed by atoms with Crippen LogP contribution in [0.15, 0.2) is 24.3 Å². The van der Waals surface area contributed by atoms with Crippen molar-refractivity contribution in [1.29, 1.82) is 0 Å². The maximum absolute atomic E-state index is 13.6. The molecule has 1 nitrogen and oxygen atoms in total. The molecule has 2 N–H and O–H groups in total. The van der Waals surface area contributed by atoms with Gasteiger partial charge in [-0.05, 0) is 30.4 Å². The highest BCUT2D eigenvalue weighted by atomic mass is 19.1. The van der Waals surface area contributed by atoms with Crippen LogP contribution in [0.5, 0.6) is 0 Å². The summed E-state index contributed by atoms with van der Waals surface area (Å²) >= 11 is 0. The summed E-state index contributed by atoms with van der Waals surface area (Å²) < 4.78 is 13.6. The predicted octanol–water partition coefficient (Wildman–Crippen LogP) is 2.45. The largest absolute Gasteiger partial charge is 0.330 e. The van der Waals surface area contributed by atoms with Gasteiger partial charge in [0.05, 0.1) is 0 Å². The Labute approximate surface area is 84.1 Å². The van der Waals surface area contributed by atoms with Crippen LogP contribution in [0.2, 0.25) is 0 Å². The minimum Gasteiger partial charge on any atom is -0.330 e. The Morgan fingerprint density at radius 3 is 2.57 bits per heavy atom. The number of hydrogen-bond donors (Lipinski definition) is 1. The van der Waals surface area contributed by atoms with Crippen molar-refractivity contribution in [2.45, 2.75) is 25.2 Å². The van der Waals surface area contributed by atoms with Crippen LogP contribution < -0.4 is 5.73 Å². The third-order valence-electron chi connectivity index (χ3n) is 3.31. The zero-order valence-corrected chi connectivity index (χ0v) is 8.46. The highest BCUT2D eigenvalue weighted by Crippen LogP contribution is 2.47. The van der Waals surface area contributed by atoms with E-state index in [4.69, 9.17) is 5.73 Å². The van der Waals surface area contributed by atoms with Gasteiger partial charge in [0.15, 0.2) is 0 Å². The van der Waals surface area contributed by atoms with Crippen molar-refractivity contribution in [3.05, 3.63) is 35.6 Å². The van der Waals surface area contributed by atoms with Crippen LogP contribution in [0, 0.1) is 11.7 Å². The first-order valence-corrected chi connectivity index (χ1v) is 5.13. The molecule has 2 rings (SSSR count). The lowest BCUT2D eigenvalue weighted by Crippen LogP contribution is -2.46. The standard InChI is InChI=1S/C12H16FN/c1-9-6-12(7-9,8-14)10-4-2-3-5-11(10)13/h2-5,9H,6-8,14H2,1H3. The summed E-state index contributed by atoms with van der Waals surface area (Å²) in [5, 5.41) is 0. The molecule has 2 heteroatoms. The van der Waals surface area contributed by atoms with Crippen molar-refractivity contribution < 1.29 is 4.39 Å². The average molecular weight is 193 g/mol. The van der Waals surface area contributed by atoms with Crippen LogP contribution in [0.25, 0.3) is 0 Å². The van der Waals surface area contributed by atoms with Crippen molar-refractivity contribution in [3.63, 3.8) is 0 Å². The molecular weight excluding hydrogens is 177 g/mol. The molecule has 14 heavy (non-hydrogen) atoms. The van der Waals surface area contributed by atoms with Crippen molar-refractivity contribution in [3.8, 4) is 0 Å². The summed E-state index contributed by atoms with van der Waals surface area (Å²) in [6.07, 6.45) is 2.04. The first-order chi connectivity index (χ1) is 6.68. The van der Waals surface area contributed by atoms with Crippen molar-refractivity contribution in [2.24, 2.45) is 11.7 Å². The molecule has 0 heterocycles. The zero-order valence-electron chi connectivity index (χ0n) is 8.46. The molecule has 1 aromatic carbocycles. The molecular formula is C12H16FN. The second-order valence-corrected chi connectivity index (χ2v) is 4.48. The molecule has 0 unspecified atom stereocenters. The van der Waals surface area contributed by atoms with Gasteiger partial charge < -0.3 is 5.73 Å². The van der Waals surface area contributed by atoms with Crippen LogP contribution in [0.1, 0.15) is 25.3 Å². The van der Waals surface area contributed by atoms with Gasteiger partial charge in [0.25, 0.3) is 0 Å². The normalized spacial score (nSPS) is 31.2. The maximum atomic E-state index is 13.6.